The van der Waals surface area contributed by atoms with Crippen LogP contribution in [0.15, 0.2) is 17.2 Å². The van der Waals surface area contributed by atoms with Crippen LogP contribution in [0.5, 0.6) is 0 Å². The minimum absolute atomic E-state index is 0.0273. The first-order valence-electron chi connectivity index (χ1n) is 11.5. The van der Waals surface area contributed by atoms with Gasteiger partial charge in [0.15, 0.2) is 0 Å². The zero-order valence-electron chi connectivity index (χ0n) is 19.0. The van der Waals surface area contributed by atoms with Crippen LogP contribution < -0.4 is 5.32 Å². The van der Waals surface area contributed by atoms with E-state index in [1.54, 1.807) is 11.8 Å². The molecule has 1 aromatic carbocycles. The Kier molecular flexibility index (Phi) is 6.63. The number of urea groups is 1. The number of fused-ring (bicyclic) bond motifs is 2. The van der Waals surface area contributed by atoms with Crippen LogP contribution in [-0.2, 0) is 6.42 Å². The Hall–Kier alpha value is -1.99. The van der Waals surface area contributed by atoms with Gasteiger partial charge in [-0.2, -0.15) is 0 Å². The molecule has 31 heavy (non-hydrogen) atoms. The van der Waals surface area contributed by atoms with E-state index in [0.717, 1.165) is 49.7 Å². The number of nitrogens with one attached hydrogen (secondary N) is 2. The van der Waals surface area contributed by atoms with E-state index in [-0.39, 0.29) is 12.1 Å². The Morgan fingerprint density at radius 1 is 1.32 bits per heavy atom. The summed E-state index contributed by atoms with van der Waals surface area (Å²) < 4.78 is 0. The second-order valence-corrected chi connectivity index (χ2v) is 9.53. The van der Waals surface area contributed by atoms with Crippen molar-refractivity contribution in [2.24, 2.45) is 0 Å². The van der Waals surface area contributed by atoms with Crippen LogP contribution in [0.2, 0.25) is 0 Å². The number of aromatic amines is 1. The quantitative estimate of drug-likeness (QED) is 0.497. The molecule has 7 heteroatoms. The van der Waals surface area contributed by atoms with E-state index in [9.17, 15) is 9.59 Å². The molecule has 2 aliphatic rings. The molecule has 1 aromatic heterocycles. The molecule has 0 radical (unpaired) electrons. The lowest BCUT2D eigenvalue weighted by atomic mass is 9.73. The van der Waals surface area contributed by atoms with Crippen LogP contribution in [0.4, 0.5) is 4.79 Å². The first-order valence-corrected chi connectivity index (χ1v) is 12.7. The number of hydrogen-bond acceptors (Lipinski definition) is 4. The highest BCUT2D eigenvalue weighted by Crippen LogP contribution is 2.46. The molecule has 1 aliphatic carbocycles. The number of nitrogens with zero attached hydrogens (tertiary/aromatic N) is 2. The third kappa shape index (κ3) is 3.98. The summed E-state index contributed by atoms with van der Waals surface area (Å²) in [5.74, 6) is 0.308. The topological polar surface area (TPSA) is 68.4 Å². The third-order valence-electron chi connectivity index (χ3n) is 6.98. The Bertz CT molecular complexity index is 968. The van der Waals surface area contributed by atoms with Crippen molar-refractivity contribution in [3.63, 3.8) is 0 Å². The van der Waals surface area contributed by atoms with Gasteiger partial charge in [-0.25, -0.2) is 4.79 Å². The minimum atomic E-state index is 0.0273. The van der Waals surface area contributed by atoms with Gasteiger partial charge in [0.1, 0.15) is 6.29 Å². The average Bonchev–Trinajstić information content (AvgIpc) is 3.13. The Labute approximate surface area is 189 Å². The van der Waals surface area contributed by atoms with E-state index in [0.29, 0.717) is 25.0 Å². The first kappa shape index (κ1) is 22.2. The van der Waals surface area contributed by atoms with E-state index in [1.807, 2.05) is 24.8 Å². The van der Waals surface area contributed by atoms with Crippen molar-refractivity contribution >= 4 is 35.0 Å². The molecule has 0 saturated carbocycles. The predicted octanol–water partition coefficient (Wildman–Crippen LogP) is 4.25. The zero-order valence-corrected chi connectivity index (χ0v) is 19.8. The van der Waals surface area contributed by atoms with Gasteiger partial charge in [-0.1, -0.05) is 6.92 Å². The van der Waals surface area contributed by atoms with Crippen LogP contribution in [0, 0.1) is 0 Å². The highest BCUT2D eigenvalue weighted by Gasteiger charge is 2.42. The lowest BCUT2D eigenvalue weighted by Crippen LogP contribution is -2.57. The van der Waals surface area contributed by atoms with E-state index in [4.69, 9.17) is 0 Å². The highest BCUT2D eigenvalue weighted by atomic mass is 32.2. The molecular weight excluding hydrogens is 408 g/mol. The van der Waals surface area contributed by atoms with Gasteiger partial charge in [-0.3, -0.25) is 9.69 Å². The lowest BCUT2D eigenvalue weighted by molar-refractivity contribution is 0.0975. The molecule has 2 amide bonds. The van der Waals surface area contributed by atoms with Crippen molar-refractivity contribution in [1.29, 1.82) is 0 Å². The Morgan fingerprint density at radius 2 is 2.10 bits per heavy atom. The number of likely N-dealkylation sites (tertiary alicyclic amines) is 1. The number of piperidine rings is 1. The smallest absolute Gasteiger partial charge is 0.317 e. The summed E-state index contributed by atoms with van der Waals surface area (Å²) in [4.78, 5) is 32.4. The summed E-state index contributed by atoms with van der Waals surface area (Å²) in [7, 11) is 0. The molecule has 4 rings (SSSR count). The number of aldehydes is 1. The van der Waals surface area contributed by atoms with E-state index >= 15 is 0 Å². The van der Waals surface area contributed by atoms with Gasteiger partial charge in [0.25, 0.3) is 0 Å². The molecule has 2 aromatic rings. The molecule has 0 unspecified atom stereocenters. The molecule has 1 saturated heterocycles. The zero-order chi connectivity index (χ0) is 22.1. The molecular formula is C24H34N4O2S. The maximum Gasteiger partial charge on any atom is 0.317 e. The summed E-state index contributed by atoms with van der Waals surface area (Å²) in [6.45, 7) is 9.58. The van der Waals surface area contributed by atoms with E-state index in [2.05, 4.69) is 34.4 Å². The lowest BCUT2D eigenvalue weighted by Gasteiger charge is -2.47. The number of carbonyl (C=O) groups is 2. The van der Waals surface area contributed by atoms with E-state index < -0.39 is 0 Å². The normalized spacial score (nSPS) is 22.9. The highest BCUT2D eigenvalue weighted by molar-refractivity contribution is 7.98. The number of rotatable bonds is 7. The third-order valence-corrected chi connectivity index (χ3v) is 7.74. The SMILES string of the molecule is CCCN1C[C@@H](NC(=O)N(CC)CC)C[C@@H]2c3cc(C=O)cc4[nH]c(SC)c(c34)C[C@H]21. The number of thioether (sulfide) groups is 1. The monoisotopic (exact) mass is 442 g/mol. The van der Waals surface area contributed by atoms with Crippen molar-refractivity contribution in [1.82, 2.24) is 20.1 Å². The van der Waals surface area contributed by atoms with Gasteiger partial charge in [-0.05, 0) is 69.2 Å². The number of hydrogen-bond donors (Lipinski definition) is 2. The average molecular weight is 443 g/mol. The van der Waals surface area contributed by atoms with Crippen molar-refractivity contribution in [3.8, 4) is 0 Å². The van der Waals surface area contributed by atoms with Gasteiger partial charge >= 0.3 is 6.03 Å². The molecule has 1 aliphatic heterocycles. The largest absolute Gasteiger partial charge is 0.349 e. The molecule has 1 fully saturated rings. The van der Waals surface area contributed by atoms with Crippen molar-refractivity contribution in [2.75, 3.05) is 32.4 Å². The fourth-order valence-electron chi connectivity index (χ4n) is 5.62. The Balaban J connectivity index is 1.73. The van der Waals surface area contributed by atoms with Gasteiger partial charge in [0.05, 0.1) is 5.03 Å². The van der Waals surface area contributed by atoms with Crippen LogP contribution in [-0.4, -0.2) is 71.6 Å². The molecule has 2 N–H and O–H groups in total. The van der Waals surface area contributed by atoms with Gasteiger partial charge in [-0.15, -0.1) is 11.8 Å². The summed E-state index contributed by atoms with van der Waals surface area (Å²) in [6, 6.07) is 4.60. The van der Waals surface area contributed by atoms with Crippen LogP contribution in [0.3, 0.4) is 0 Å². The maximum absolute atomic E-state index is 12.8. The number of carbonyl (C=O) groups excluding carboxylic acids is 2. The van der Waals surface area contributed by atoms with Crippen LogP contribution >= 0.6 is 11.8 Å². The van der Waals surface area contributed by atoms with Crippen molar-refractivity contribution < 1.29 is 9.59 Å². The number of benzene rings is 1. The molecule has 0 spiro atoms. The maximum atomic E-state index is 12.8. The Morgan fingerprint density at radius 3 is 2.74 bits per heavy atom. The fourth-order valence-corrected chi connectivity index (χ4v) is 6.26. The fraction of sp³-hybridized carbons (Fsp3) is 0.583. The summed E-state index contributed by atoms with van der Waals surface area (Å²) in [5, 5.41) is 5.82. The van der Waals surface area contributed by atoms with Gasteiger partial charge < -0.3 is 15.2 Å². The second-order valence-electron chi connectivity index (χ2n) is 8.71. The molecule has 6 nitrogen and oxygen atoms in total. The van der Waals surface area contributed by atoms with Gasteiger partial charge in [0.2, 0.25) is 0 Å². The molecule has 3 atom stereocenters. The van der Waals surface area contributed by atoms with Crippen molar-refractivity contribution in [2.45, 2.75) is 63.1 Å². The number of aromatic nitrogens is 1. The minimum Gasteiger partial charge on any atom is -0.349 e. The predicted molar refractivity (Wildman–Crippen MR) is 127 cm³/mol. The molecule has 2 heterocycles. The van der Waals surface area contributed by atoms with Gasteiger partial charge in [0, 0.05) is 54.1 Å². The number of amides is 2. The van der Waals surface area contributed by atoms with Crippen molar-refractivity contribution in [3.05, 3.63) is 28.8 Å². The number of H-pyrrole nitrogens is 1. The summed E-state index contributed by atoms with van der Waals surface area (Å²) >= 11 is 1.75. The summed E-state index contributed by atoms with van der Waals surface area (Å²) in [6.07, 6.45) is 6.07. The standard InChI is InChI=1S/C24H34N4O2S/c1-5-8-28-13-16(25-24(30)27(6-2)7-3)11-17-18-9-15(14-29)10-20-22(18)19(12-21(17)28)23(26-20)31-4/h9-10,14,16-17,21,26H,5-8,11-13H2,1-4H3,(H,25,30)/t16-,17+,21+/m0/s1. The van der Waals surface area contributed by atoms with E-state index in [1.165, 1.54) is 21.5 Å². The van der Waals surface area contributed by atoms with Crippen LogP contribution in [0.25, 0.3) is 10.9 Å². The summed E-state index contributed by atoms with van der Waals surface area (Å²) in [5.41, 5.74) is 4.45. The molecule has 168 valence electrons. The second kappa shape index (κ2) is 9.25. The first-order chi connectivity index (χ1) is 15.0. The van der Waals surface area contributed by atoms with Crippen LogP contribution in [0.1, 0.15) is 61.0 Å². The molecule has 0 bridgehead atoms.